The normalized spacial score (nSPS) is 17.0. The minimum Gasteiger partial charge on any atom is -0.366 e. The summed E-state index contributed by atoms with van der Waals surface area (Å²) in [5, 5.41) is 6.55. The molecule has 152 valence electrons. The second-order valence-electron chi connectivity index (χ2n) is 6.60. The van der Waals surface area contributed by atoms with Crippen molar-refractivity contribution in [3.05, 3.63) is 57.8 Å². The van der Waals surface area contributed by atoms with Gasteiger partial charge in [0.2, 0.25) is 5.82 Å². The molecule has 0 aliphatic carbocycles. The van der Waals surface area contributed by atoms with E-state index in [4.69, 9.17) is 0 Å². The quantitative estimate of drug-likeness (QED) is 0.825. The van der Waals surface area contributed by atoms with Crippen LogP contribution >= 0.6 is 0 Å². The van der Waals surface area contributed by atoms with Gasteiger partial charge in [0.25, 0.3) is 0 Å². The first-order chi connectivity index (χ1) is 13.8. The summed E-state index contributed by atoms with van der Waals surface area (Å²) in [5.74, 6) is -1.02. The van der Waals surface area contributed by atoms with E-state index >= 15 is 0 Å². The molecule has 0 radical (unpaired) electrons. The van der Waals surface area contributed by atoms with Gasteiger partial charge in [-0.1, -0.05) is 17.3 Å². The summed E-state index contributed by atoms with van der Waals surface area (Å²) in [7, 11) is 0. The Balaban J connectivity index is 1.69. The van der Waals surface area contributed by atoms with E-state index in [1.165, 1.54) is 23.1 Å². The molecule has 0 saturated carbocycles. The Morgan fingerprint density at radius 2 is 1.97 bits per heavy atom. The SMILES string of the molecule is O=C(N1CCCC1)n1c(C2=NCNC(c3cccc(C(F)(F)F)c3)=C2)noc1=O. The van der Waals surface area contributed by atoms with Crippen LogP contribution in [0.4, 0.5) is 18.0 Å². The number of amides is 1. The van der Waals surface area contributed by atoms with Gasteiger partial charge in [0.1, 0.15) is 12.4 Å². The van der Waals surface area contributed by atoms with Crippen molar-refractivity contribution in [1.29, 1.82) is 0 Å². The molecule has 0 spiro atoms. The van der Waals surface area contributed by atoms with Crippen molar-refractivity contribution < 1.29 is 22.5 Å². The zero-order valence-corrected chi connectivity index (χ0v) is 15.1. The monoisotopic (exact) mass is 407 g/mol. The van der Waals surface area contributed by atoms with Crippen molar-refractivity contribution in [2.75, 3.05) is 19.8 Å². The van der Waals surface area contributed by atoms with E-state index in [0.717, 1.165) is 29.5 Å². The maximum absolute atomic E-state index is 13.0. The van der Waals surface area contributed by atoms with Crippen LogP contribution in [0.5, 0.6) is 0 Å². The van der Waals surface area contributed by atoms with Crippen LogP contribution in [0.2, 0.25) is 0 Å². The van der Waals surface area contributed by atoms with Crippen LogP contribution in [0, 0.1) is 0 Å². The molecule has 1 N–H and O–H groups in total. The lowest BCUT2D eigenvalue weighted by Gasteiger charge is -2.18. The number of carbonyl (C=O) groups excluding carboxylic acids is 1. The van der Waals surface area contributed by atoms with Crippen LogP contribution in [0.3, 0.4) is 0 Å². The van der Waals surface area contributed by atoms with Gasteiger partial charge in [-0.05, 0) is 36.6 Å². The van der Waals surface area contributed by atoms with Gasteiger partial charge >= 0.3 is 18.0 Å². The number of aromatic nitrogens is 2. The molecule has 1 saturated heterocycles. The van der Waals surface area contributed by atoms with E-state index in [1.54, 1.807) is 0 Å². The van der Waals surface area contributed by atoms with E-state index < -0.39 is 23.5 Å². The van der Waals surface area contributed by atoms with E-state index in [2.05, 4.69) is 20.0 Å². The zero-order chi connectivity index (χ0) is 20.6. The second-order valence-corrected chi connectivity index (χ2v) is 6.60. The molecule has 29 heavy (non-hydrogen) atoms. The molecule has 8 nitrogen and oxygen atoms in total. The van der Waals surface area contributed by atoms with Crippen molar-refractivity contribution in [3.8, 4) is 0 Å². The minimum atomic E-state index is -4.48. The molecule has 2 aliphatic heterocycles. The van der Waals surface area contributed by atoms with Crippen LogP contribution in [0.25, 0.3) is 5.70 Å². The molecule has 0 atom stereocenters. The number of nitrogens with zero attached hydrogens (tertiary/aromatic N) is 4. The lowest BCUT2D eigenvalue weighted by molar-refractivity contribution is -0.137. The van der Waals surface area contributed by atoms with Gasteiger partial charge < -0.3 is 10.2 Å². The fourth-order valence-corrected chi connectivity index (χ4v) is 3.26. The van der Waals surface area contributed by atoms with Gasteiger partial charge in [0.05, 0.1) is 5.56 Å². The van der Waals surface area contributed by atoms with Gasteiger partial charge in [0, 0.05) is 18.8 Å². The highest BCUT2D eigenvalue weighted by Crippen LogP contribution is 2.31. The Bertz CT molecular complexity index is 1060. The molecule has 4 rings (SSSR count). The van der Waals surface area contributed by atoms with E-state index in [-0.39, 0.29) is 23.8 Å². The third-order valence-electron chi connectivity index (χ3n) is 4.70. The minimum absolute atomic E-state index is 0.0381. The standard InChI is InChI=1S/C18H16F3N5O3/c19-18(20,21)12-5-3-4-11(8-12)13-9-14(23-10-22-13)15-24-29-17(28)26(15)16(27)25-6-1-2-7-25/h3-5,8-9,22H,1-2,6-7,10H2. The summed E-state index contributed by atoms with van der Waals surface area (Å²) in [6, 6.07) is 4.25. The number of likely N-dealkylation sites (tertiary alicyclic amines) is 1. The Hall–Kier alpha value is -3.37. The fraction of sp³-hybridized carbons (Fsp3) is 0.333. The number of benzene rings is 1. The molecule has 2 aliphatic rings. The molecule has 1 aromatic carbocycles. The predicted molar refractivity (Wildman–Crippen MR) is 96.3 cm³/mol. The summed E-state index contributed by atoms with van der Waals surface area (Å²) < 4.78 is 44.5. The number of allylic oxidation sites excluding steroid dienone is 1. The van der Waals surface area contributed by atoms with Crippen LogP contribution in [0.15, 0.2) is 44.7 Å². The number of aliphatic imine (C=N–C) groups is 1. The number of carbonyl (C=O) groups is 1. The number of halogens is 3. The second kappa shape index (κ2) is 7.22. The zero-order valence-electron chi connectivity index (χ0n) is 15.1. The van der Waals surface area contributed by atoms with Gasteiger partial charge in [-0.25, -0.2) is 9.59 Å². The smallest absolute Gasteiger partial charge is 0.366 e. The molecular formula is C18H16F3N5O3. The molecular weight excluding hydrogens is 391 g/mol. The molecule has 3 heterocycles. The highest BCUT2D eigenvalue weighted by atomic mass is 19.4. The Morgan fingerprint density at radius 3 is 2.69 bits per heavy atom. The number of nitrogens with one attached hydrogen (secondary N) is 1. The van der Waals surface area contributed by atoms with Crippen LogP contribution in [-0.4, -0.2) is 46.1 Å². The van der Waals surface area contributed by atoms with E-state index in [9.17, 15) is 22.8 Å². The lowest BCUT2D eigenvalue weighted by Crippen LogP contribution is -2.39. The third-order valence-corrected chi connectivity index (χ3v) is 4.70. The van der Waals surface area contributed by atoms with Crippen molar-refractivity contribution in [2.45, 2.75) is 19.0 Å². The lowest BCUT2D eigenvalue weighted by atomic mass is 10.1. The number of alkyl halides is 3. The summed E-state index contributed by atoms with van der Waals surface area (Å²) in [5.41, 5.74) is 0.0195. The number of hydrogen-bond donors (Lipinski definition) is 1. The van der Waals surface area contributed by atoms with Gasteiger partial charge in [-0.2, -0.15) is 17.7 Å². The Kier molecular flexibility index (Phi) is 4.73. The summed E-state index contributed by atoms with van der Waals surface area (Å²) in [6.45, 7) is 1.08. The first kappa shape index (κ1) is 19.0. The molecule has 1 aromatic heterocycles. The van der Waals surface area contributed by atoms with Crippen molar-refractivity contribution >= 4 is 17.4 Å². The molecule has 2 aromatic rings. The molecule has 1 amide bonds. The first-order valence-electron chi connectivity index (χ1n) is 8.90. The van der Waals surface area contributed by atoms with Crippen LogP contribution < -0.4 is 11.1 Å². The summed E-state index contributed by atoms with van der Waals surface area (Å²) in [6.07, 6.45) is -1.36. The van der Waals surface area contributed by atoms with E-state index in [1.807, 2.05) is 0 Å². The Labute approximate surface area is 162 Å². The highest BCUT2D eigenvalue weighted by Gasteiger charge is 2.31. The van der Waals surface area contributed by atoms with Gasteiger partial charge in [-0.15, -0.1) is 0 Å². The molecule has 0 unspecified atom stereocenters. The summed E-state index contributed by atoms with van der Waals surface area (Å²) in [4.78, 5) is 30.4. The summed E-state index contributed by atoms with van der Waals surface area (Å²) >= 11 is 0. The first-order valence-corrected chi connectivity index (χ1v) is 8.90. The maximum atomic E-state index is 13.0. The van der Waals surface area contributed by atoms with E-state index in [0.29, 0.717) is 18.8 Å². The average molecular weight is 407 g/mol. The fourth-order valence-electron chi connectivity index (χ4n) is 3.26. The third kappa shape index (κ3) is 3.67. The van der Waals surface area contributed by atoms with Crippen LogP contribution in [0.1, 0.15) is 29.8 Å². The molecule has 11 heteroatoms. The number of hydrogen-bond acceptors (Lipinski definition) is 6. The largest absolute Gasteiger partial charge is 0.450 e. The van der Waals surface area contributed by atoms with Crippen molar-refractivity contribution in [2.24, 2.45) is 4.99 Å². The molecule has 0 bridgehead atoms. The van der Waals surface area contributed by atoms with Gasteiger partial charge in [-0.3, -0.25) is 9.52 Å². The van der Waals surface area contributed by atoms with Crippen molar-refractivity contribution in [3.63, 3.8) is 0 Å². The van der Waals surface area contributed by atoms with Gasteiger partial charge in [0.15, 0.2) is 0 Å². The molecule has 1 fully saturated rings. The van der Waals surface area contributed by atoms with Crippen LogP contribution in [-0.2, 0) is 6.18 Å². The predicted octanol–water partition coefficient (Wildman–Crippen LogP) is 2.31. The highest BCUT2D eigenvalue weighted by molar-refractivity contribution is 6.12. The number of rotatable bonds is 2. The average Bonchev–Trinajstić information content (AvgIpc) is 3.37. The topological polar surface area (TPSA) is 92.7 Å². The van der Waals surface area contributed by atoms with Crippen molar-refractivity contribution in [1.82, 2.24) is 19.9 Å². The Morgan fingerprint density at radius 1 is 1.21 bits per heavy atom. The maximum Gasteiger partial charge on any atom is 0.450 e.